The van der Waals surface area contributed by atoms with Crippen LogP contribution in [0.1, 0.15) is 12.5 Å². The Labute approximate surface area is 216 Å². The van der Waals surface area contributed by atoms with Gasteiger partial charge in [0.05, 0.1) is 13.5 Å². The summed E-state index contributed by atoms with van der Waals surface area (Å²) in [4.78, 5) is 37.6. The lowest BCUT2D eigenvalue weighted by atomic mass is 10.1. The monoisotopic (exact) mass is 504 g/mol. The van der Waals surface area contributed by atoms with Crippen molar-refractivity contribution in [1.82, 2.24) is 20.2 Å². The lowest BCUT2D eigenvalue weighted by Gasteiger charge is -2.35. The van der Waals surface area contributed by atoms with Gasteiger partial charge in [-0.1, -0.05) is 36.4 Å². The van der Waals surface area contributed by atoms with E-state index >= 15 is 0 Å². The average molecular weight is 505 g/mol. The van der Waals surface area contributed by atoms with Crippen LogP contribution < -0.4 is 20.3 Å². The van der Waals surface area contributed by atoms with Crippen LogP contribution in [0.5, 0.6) is 11.5 Å². The summed E-state index contributed by atoms with van der Waals surface area (Å²) in [7, 11) is 1.49. The van der Waals surface area contributed by atoms with Gasteiger partial charge in [0.1, 0.15) is 11.6 Å². The highest BCUT2D eigenvalue weighted by molar-refractivity contribution is 5.79. The fourth-order valence-electron chi connectivity index (χ4n) is 4.14. The molecule has 0 spiro atoms. The number of phenolic OH excluding ortho intramolecular Hbond substituents is 1. The molecule has 0 aliphatic carbocycles. The van der Waals surface area contributed by atoms with Crippen LogP contribution in [-0.2, 0) is 16.0 Å². The highest BCUT2D eigenvalue weighted by atomic mass is 16.5. The molecule has 10 nitrogen and oxygen atoms in total. The molecule has 1 aromatic heterocycles. The number of carbonyl (C=O) groups is 2. The van der Waals surface area contributed by atoms with Gasteiger partial charge in [-0.05, 0) is 17.7 Å². The summed E-state index contributed by atoms with van der Waals surface area (Å²) in [6, 6.07) is 16.6. The molecule has 0 radical (unpaired) electrons. The number of anilines is 2. The summed E-state index contributed by atoms with van der Waals surface area (Å²) in [5.74, 6) is 2.43. The summed E-state index contributed by atoms with van der Waals surface area (Å²) in [6.07, 6.45) is 0.241. The second kappa shape index (κ2) is 12.1. The van der Waals surface area contributed by atoms with Crippen molar-refractivity contribution in [2.45, 2.75) is 13.3 Å². The number of ether oxygens (including phenoxy) is 1. The van der Waals surface area contributed by atoms with Gasteiger partial charge < -0.3 is 30.3 Å². The van der Waals surface area contributed by atoms with Crippen LogP contribution in [-0.4, -0.2) is 78.2 Å². The van der Waals surface area contributed by atoms with Crippen LogP contribution in [0, 0.1) is 0 Å². The molecule has 194 valence electrons. The number of aromatic hydroxyl groups is 1. The summed E-state index contributed by atoms with van der Waals surface area (Å²) in [6.45, 7) is 4.94. The van der Waals surface area contributed by atoms with E-state index in [1.807, 2.05) is 41.3 Å². The zero-order valence-electron chi connectivity index (χ0n) is 21.1. The Hall–Kier alpha value is -4.34. The number of hydrogen-bond acceptors (Lipinski definition) is 8. The molecule has 1 aliphatic heterocycles. The maximum absolute atomic E-state index is 12.9. The first kappa shape index (κ1) is 25.7. The molecule has 10 heteroatoms. The molecule has 37 heavy (non-hydrogen) atoms. The normalized spacial score (nSPS) is 13.2. The predicted molar refractivity (Wildman–Crippen MR) is 142 cm³/mol. The van der Waals surface area contributed by atoms with Gasteiger partial charge in [0.25, 0.3) is 0 Å². The molecule has 3 N–H and O–H groups in total. The summed E-state index contributed by atoms with van der Waals surface area (Å²) in [5, 5.41) is 15.8. The number of methoxy groups -OCH3 is 1. The van der Waals surface area contributed by atoms with Gasteiger partial charge in [0.15, 0.2) is 17.3 Å². The SMILES string of the molecule is COc1cc(CC(=O)N2CCN(c3cc(NCCNC(C)=O)nc(-c4ccccc4)n3)CC2)ccc1O. The molecule has 0 unspecified atom stereocenters. The Kier molecular flexibility index (Phi) is 8.40. The highest BCUT2D eigenvalue weighted by Crippen LogP contribution is 2.27. The minimum Gasteiger partial charge on any atom is -0.504 e. The minimum atomic E-state index is -0.0767. The average Bonchev–Trinajstić information content (AvgIpc) is 2.92. The van der Waals surface area contributed by atoms with Crippen molar-refractivity contribution in [3.05, 3.63) is 60.2 Å². The number of hydrogen-bond donors (Lipinski definition) is 3. The Bertz CT molecular complexity index is 1230. The first-order valence-corrected chi connectivity index (χ1v) is 12.2. The number of piperazine rings is 1. The first-order valence-electron chi connectivity index (χ1n) is 12.2. The number of aromatic nitrogens is 2. The van der Waals surface area contributed by atoms with Crippen molar-refractivity contribution in [2.75, 3.05) is 56.6 Å². The Morgan fingerprint density at radius 2 is 1.76 bits per heavy atom. The van der Waals surface area contributed by atoms with E-state index in [1.54, 1.807) is 18.2 Å². The number of amides is 2. The molecule has 0 bridgehead atoms. The molecule has 2 heterocycles. The number of carbonyl (C=O) groups excluding carboxylic acids is 2. The Balaban J connectivity index is 1.43. The summed E-state index contributed by atoms with van der Waals surface area (Å²) in [5.41, 5.74) is 1.70. The number of nitrogens with zero attached hydrogens (tertiary/aromatic N) is 4. The molecule has 3 aromatic rings. The number of rotatable bonds is 9. The van der Waals surface area contributed by atoms with Gasteiger partial charge in [0.2, 0.25) is 11.8 Å². The maximum atomic E-state index is 12.9. The predicted octanol–water partition coefficient (Wildman–Crippen LogP) is 2.30. The fourth-order valence-corrected chi connectivity index (χ4v) is 4.14. The molecular weight excluding hydrogens is 472 g/mol. The summed E-state index contributed by atoms with van der Waals surface area (Å²) < 4.78 is 5.15. The van der Waals surface area contributed by atoms with Crippen LogP contribution in [0.3, 0.4) is 0 Å². The van der Waals surface area contributed by atoms with Gasteiger partial charge in [-0.15, -0.1) is 0 Å². The molecule has 0 atom stereocenters. The quantitative estimate of drug-likeness (QED) is 0.380. The van der Waals surface area contributed by atoms with Gasteiger partial charge in [-0.2, -0.15) is 0 Å². The lowest BCUT2D eigenvalue weighted by molar-refractivity contribution is -0.130. The van der Waals surface area contributed by atoms with Crippen molar-refractivity contribution in [3.63, 3.8) is 0 Å². The topological polar surface area (TPSA) is 120 Å². The second-order valence-electron chi connectivity index (χ2n) is 8.76. The van der Waals surface area contributed by atoms with Crippen molar-refractivity contribution in [3.8, 4) is 22.9 Å². The largest absolute Gasteiger partial charge is 0.504 e. The van der Waals surface area contributed by atoms with Crippen molar-refractivity contribution in [2.24, 2.45) is 0 Å². The van der Waals surface area contributed by atoms with E-state index in [2.05, 4.69) is 20.5 Å². The Morgan fingerprint density at radius 3 is 2.46 bits per heavy atom. The first-order chi connectivity index (χ1) is 17.9. The van der Waals surface area contributed by atoms with Crippen LogP contribution >= 0.6 is 0 Å². The van der Waals surface area contributed by atoms with E-state index in [0.29, 0.717) is 56.7 Å². The van der Waals surface area contributed by atoms with E-state index < -0.39 is 0 Å². The standard InChI is InChI=1S/C27H32N6O4/c1-19(34)28-10-11-29-24-18-25(31-27(30-24)21-6-4-3-5-7-21)32-12-14-33(15-13-32)26(36)17-20-8-9-22(35)23(16-20)37-2/h3-9,16,18,35H,10-15,17H2,1-2H3,(H,28,34)(H,29,30,31). The van der Waals surface area contributed by atoms with Crippen LogP contribution in [0.4, 0.5) is 11.6 Å². The van der Waals surface area contributed by atoms with Gasteiger partial charge >= 0.3 is 0 Å². The third kappa shape index (κ3) is 6.87. The van der Waals surface area contributed by atoms with Gasteiger partial charge in [-0.3, -0.25) is 9.59 Å². The van der Waals surface area contributed by atoms with Crippen LogP contribution in [0.15, 0.2) is 54.6 Å². The number of nitrogens with one attached hydrogen (secondary N) is 2. The van der Waals surface area contributed by atoms with Crippen molar-refractivity contribution >= 4 is 23.5 Å². The van der Waals surface area contributed by atoms with E-state index in [0.717, 1.165) is 16.9 Å². The van der Waals surface area contributed by atoms with Crippen LogP contribution in [0.25, 0.3) is 11.4 Å². The number of benzene rings is 2. The second-order valence-corrected chi connectivity index (χ2v) is 8.76. The third-order valence-corrected chi connectivity index (χ3v) is 6.11. The highest BCUT2D eigenvalue weighted by Gasteiger charge is 2.23. The summed E-state index contributed by atoms with van der Waals surface area (Å²) >= 11 is 0. The van der Waals surface area contributed by atoms with Crippen molar-refractivity contribution in [1.29, 1.82) is 0 Å². The molecular formula is C27H32N6O4. The smallest absolute Gasteiger partial charge is 0.227 e. The number of phenols is 1. The Morgan fingerprint density at radius 1 is 1.00 bits per heavy atom. The zero-order valence-corrected chi connectivity index (χ0v) is 21.1. The minimum absolute atomic E-state index is 0.0281. The van der Waals surface area contributed by atoms with E-state index in [9.17, 15) is 14.7 Å². The van der Waals surface area contributed by atoms with E-state index in [1.165, 1.54) is 14.0 Å². The molecule has 4 rings (SSSR count). The van der Waals surface area contributed by atoms with E-state index in [-0.39, 0.29) is 24.0 Å². The van der Waals surface area contributed by atoms with Gasteiger partial charge in [-0.25, -0.2) is 9.97 Å². The molecule has 1 aliphatic rings. The fraction of sp³-hybridized carbons (Fsp3) is 0.333. The molecule has 1 saturated heterocycles. The van der Waals surface area contributed by atoms with Gasteiger partial charge in [0, 0.05) is 57.8 Å². The third-order valence-electron chi connectivity index (χ3n) is 6.11. The van der Waals surface area contributed by atoms with Crippen molar-refractivity contribution < 1.29 is 19.4 Å². The van der Waals surface area contributed by atoms with E-state index in [4.69, 9.17) is 9.72 Å². The molecule has 1 fully saturated rings. The zero-order chi connectivity index (χ0) is 26.2. The van der Waals surface area contributed by atoms with Crippen LogP contribution in [0.2, 0.25) is 0 Å². The molecule has 2 aromatic carbocycles. The molecule has 0 saturated carbocycles. The maximum Gasteiger partial charge on any atom is 0.227 e. The molecule has 2 amide bonds. The lowest BCUT2D eigenvalue weighted by Crippen LogP contribution is -2.49.